The van der Waals surface area contributed by atoms with Crippen LogP contribution in [0.5, 0.6) is 0 Å². The molecule has 0 amide bonds. The maximum atomic E-state index is 11.8. The third kappa shape index (κ3) is 5.14. The van der Waals surface area contributed by atoms with Gasteiger partial charge in [0.2, 0.25) is 0 Å². The second-order valence-corrected chi connectivity index (χ2v) is 3.25. The summed E-state index contributed by atoms with van der Waals surface area (Å²) in [7, 11) is 0. The van der Waals surface area contributed by atoms with Crippen LogP contribution < -0.4 is 5.32 Å². The van der Waals surface area contributed by atoms with E-state index in [0.717, 1.165) is 0 Å². The first-order chi connectivity index (χ1) is 7.88. The lowest BCUT2D eigenvalue weighted by Crippen LogP contribution is -2.12. The van der Waals surface area contributed by atoms with Crippen LogP contribution in [0.4, 0.5) is 19.0 Å². The van der Waals surface area contributed by atoms with Gasteiger partial charge in [0.05, 0.1) is 0 Å². The number of carboxylic acid groups (broad SMARTS) is 1. The van der Waals surface area contributed by atoms with Crippen molar-refractivity contribution in [3.63, 3.8) is 0 Å². The summed E-state index contributed by atoms with van der Waals surface area (Å²) in [5.74, 6) is -0.960. The molecule has 5 nitrogen and oxygen atoms in total. The molecule has 1 rings (SSSR count). The second-order valence-electron chi connectivity index (χ2n) is 3.25. The third-order valence-electron chi connectivity index (χ3n) is 1.83. The van der Waals surface area contributed by atoms with Gasteiger partial charge in [-0.1, -0.05) is 0 Å². The molecule has 0 aromatic carbocycles. The minimum Gasteiger partial charge on any atom is -0.476 e. The van der Waals surface area contributed by atoms with Crippen molar-refractivity contribution in [2.45, 2.75) is 19.0 Å². The smallest absolute Gasteiger partial charge is 0.389 e. The van der Waals surface area contributed by atoms with Crippen LogP contribution in [0.1, 0.15) is 23.3 Å². The molecule has 0 atom stereocenters. The Labute approximate surface area is 94.7 Å². The lowest BCUT2D eigenvalue weighted by atomic mass is 10.3. The predicted octanol–water partition coefficient (Wildman–Crippen LogP) is 1.93. The second kappa shape index (κ2) is 5.46. The number of halogens is 3. The lowest BCUT2D eigenvalue weighted by Gasteiger charge is -2.07. The predicted molar refractivity (Wildman–Crippen MR) is 52.8 cm³/mol. The molecule has 2 N–H and O–H groups in total. The molecule has 0 spiro atoms. The Balaban J connectivity index is 2.35. The van der Waals surface area contributed by atoms with E-state index in [-0.39, 0.29) is 24.5 Å². The number of aromatic carboxylic acids is 1. The van der Waals surface area contributed by atoms with Crippen LogP contribution in [0.15, 0.2) is 12.1 Å². The molecule has 1 aromatic heterocycles. The van der Waals surface area contributed by atoms with Crippen molar-refractivity contribution < 1.29 is 23.1 Å². The molecular weight excluding hydrogens is 239 g/mol. The zero-order valence-corrected chi connectivity index (χ0v) is 8.66. The molecule has 0 aliphatic rings. The number of hydrogen-bond acceptors (Lipinski definition) is 4. The maximum absolute atomic E-state index is 11.8. The fourth-order valence-electron chi connectivity index (χ4n) is 1.05. The first-order valence-electron chi connectivity index (χ1n) is 4.76. The molecule has 0 aliphatic heterocycles. The lowest BCUT2D eigenvalue weighted by molar-refractivity contribution is -0.134. The average molecular weight is 249 g/mol. The Hall–Kier alpha value is -1.86. The van der Waals surface area contributed by atoms with Crippen LogP contribution in [0.3, 0.4) is 0 Å². The highest BCUT2D eigenvalue weighted by molar-refractivity contribution is 5.85. The minimum absolute atomic E-state index is 0.0775. The monoisotopic (exact) mass is 249 g/mol. The standard InChI is InChI=1S/C9H10F3N3O2/c10-9(11,12)4-1-5-13-7-3-2-6(8(16)17)14-15-7/h2-3H,1,4-5H2,(H,13,15)(H,16,17). The van der Waals surface area contributed by atoms with Crippen molar-refractivity contribution in [1.82, 2.24) is 10.2 Å². The Bertz CT molecular complexity index is 378. The van der Waals surface area contributed by atoms with Crippen LogP contribution in [-0.4, -0.2) is 34.0 Å². The minimum atomic E-state index is -4.17. The number of carboxylic acids is 1. The number of anilines is 1. The van der Waals surface area contributed by atoms with Gasteiger partial charge in [0, 0.05) is 13.0 Å². The highest BCUT2D eigenvalue weighted by atomic mass is 19.4. The molecule has 0 unspecified atom stereocenters. The summed E-state index contributed by atoms with van der Waals surface area (Å²) in [5.41, 5.74) is -0.217. The van der Waals surface area contributed by atoms with Crippen LogP contribution in [0.25, 0.3) is 0 Å². The van der Waals surface area contributed by atoms with E-state index in [1.807, 2.05) is 0 Å². The number of hydrogen-bond donors (Lipinski definition) is 2. The van der Waals surface area contributed by atoms with Gasteiger partial charge in [0.15, 0.2) is 5.69 Å². The number of rotatable bonds is 5. The van der Waals surface area contributed by atoms with Crippen LogP contribution in [0.2, 0.25) is 0 Å². The van der Waals surface area contributed by atoms with E-state index in [9.17, 15) is 18.0 Å². The number of carbonyl (C=O) groups is 1. The van der Waals surface area contributed by atoms with Gasteiger partial charge in [-0.25, -0.2) is 4.79 Å². The SMILES string of the molecule is O=C(O)c1ccc(NCCCC(F)(F)F)nn1. The topological polar surface area (TPSA) is 75.1 Å². The Morgan fingerprint density at radius 2 is 2.06 bits per heavy atom. The molecule has 0 fully saturated rings. The fraction of sp³-hybridized carbons (Fsp3) is 0.444. The molecule has 1 aromatic rings. The molecule has 0 saturated carbocycles. The fourth-order valence-corrected chi connectivity index (χ4v) is 1.05. The highest BCUT2D eigenvalue weighted by Crippen LogP contribution is 2.20. The van der Waals surface area contributed by atoms with Crippen LogP contribution in [-0.2, 0) is 0 Å². The van der Waals surface area contributed by atoms with Crippen molar-refractivity contribution in [2.75, 3.05) is 11.9 Å². The summed E-state index contributed by atoms with van der Waals surface area (Å²) in [4.78, 5) is 10.4. The molecule has 0 saturated heterocycles. The van der Waals surface area contributed by atoms with Crippen molar-refractivity contribution in [3.05, 3.63) is 17.8 Å². The van der Waals surface area contributed by atoms with E-state index in [1.165, 1.54) is 12.1 Å². The van der Waals surface area contributed by atoms with E-state index < -0.39 is 18.6 Å². The van der Waals surface area contributed by atoms with Crippen molar-refractivity contribution in [3.8, 4) is 0 Å². The number of nitrogens with one attached hydrogen (secondary N) is 1. The largest absolute Gasteiger partial charge is 0.476 e. The van der Waals surface area contributed by atoms with Gasteiger partial charge in [0.25, 0.3) is 0 Å². The summed E-state index contributed by atoms with van der Waals surface area (Å²) < 4.78 is 35.4. The molecule has 1 heterocycles. The Morgan fingerprint density at radius 1 is 1.35 bits per heavy atom. The molecule has 94 valence electrons. The van der Waals surface area contributed by atoms with Crippen LogP contribution in [0, 0.1) is 0 Å². The van der Waals surface area contributed by atoms with E-state index in [1.54, 1.807) is 0 Å². The molecule has 8 heteroatoms. The summed E-state index contributed by atoms with van der Waals surface area (Å²) in [5, 5.41) is 18.0. The third-order valence-corrected chi connectivity index (χ3v) is 1.83. The first-order valence-corrected chi connectivity index (χ1v) is 4.76. The highest BCUT2D eigenvalue weighted by Gasteiger charge is 2.25. The van der Waals surface area contributed by atoms with Gasteiger partial charge < -0.3 is 10.4 Å². The maximum Gasteiger partial charge on any atom is 0.389 e. The van der Waals surface area contributed by atoms with Crippen molar-refractivity contribution in [2.24, 2.45) is 0 Å². The summed E-state index contributed by atoms with van der Waals surface area (Å²) in [6, 6.07) is 2.57. The van der Waals surface area contributed by atoms with E-state index >= 15 is 0 Å². The Kier molecular flexibility index (Phi) is 4.24. The van der Waals surface area contributed by atoms with Gasteiger partial charge in [0.1, 0.15) is 5.82 Å². The van der Waals surface area contributed by atoms with Crippen molar-refractivity contribution >= 4 is 11.8 Å². The summed E-state index contributed by atoms with van der Waals surface area (Å²) in [6.45, 7) is 0.0978. The van der Waals surface area contributed by atoms with Crippen LogP contribution >= 0.6 is 0 Å². The molecule has 0 radical (unpaired) electrons. The van der Waals surface area contributed by atoms with Gasteiger partial charge in [-0.3, -0.25) is 0 Å². The first kappa shape index (κ1) is 13.2. The number of aromatic nitrogens is 2. The quantitative estimate of drug-likeness (QED) is 0.780. The number of alkyl halides is 3. The Morgan fingerprint density at radius 3 is 2.53 bits per heavy atom. The van der Waals surface area contributed by atoms with E-state index in [4.69, 9.17) is 5.11 Å². The zero-order chi connectivity index (χ0) is 12.9. The van der Waals surface area contributed by atoms with E-state index in [2.05, 4.69) is 15.5 Å². The molecule has 17 heavy (non-hydrogen) atoms. The summed E-state index contributed by atoms with van der Waals surface area (Å²) in [6.07, 6.45) is -5.12. The molecule has 0 bridgehead atoms. The summed E-state index contributed by atoms with van der Waals surface area (Å²) >= 11 is 0. The van der Waals surface area contributed by atoms with Gasteiger partial charge in [-0.05, 0) is 18.6 Å². The van der Waals surface area contributed by atoms with Gasteiger partial charge >= 0.3 is 12.1 Å². The van der Waals surface area contributed by atoms with Crippen molar-refractivity contribution in [1.29, 1.82) is 0 Å². The zero-order valence-electron chi connectivity index (χ0n) is 8.66. The number of nitrogens with zero attached hydrogens (tertiary/aromatic N) is 2. The van der Waals surface area contributed by atoms with Gasteiger partial charge in [-0.15, -0.1) is 10.2 Å². The van der Waals surface area contributed by atoms with E-state index in [0.29, 0.717) is 0 Å². The average Bonchev–Trinajstić information content (AvgIpc) is 2.24. The molecule has 0 aliphatic carbocycles. The normalized spacial score (nSPS) is 11.2. The molecular formula is C9H10F3N3O2. The van der Waals surface area contributed by atoms with Gasteiger partial charge in [-0.2, -0.15) is 13.2 Å².